The molecule has 0 spiro atoms. The van der Waals surface area contributed by atoms with Gasteiger partial charge in [0, 0.05) is 50.3 Å². The summed E-state index contributed by atoms with van der Waals surface area (Å²) in [7, 11) is 0. The van der Waals surface area contributed by atoms with Gasteiger partial charge in [0.2, 0.25) is 5.95 Å². The van der Waals surface area contributed by atoms with Crippen LogP contribution in [0.4, 0.5) is 17.3 Å². The first-order chi connectivity index (χ1) is 49.5. The van der Waals surface area contributed by atoms with Gasteiger partial charge >= 0.3 is 0 Å². The number of rotatable bonds is 10. The van der Waals surface area contributed by atoms with Gasteiger partial charge in [-0.25, -0.2) is 4.98 Å². The molecule has 0 amide bonds. The van der Waals surface area contributed by atoms with E-state index in [9.17, 15) is 5.48 Å². The number of hydrogen-bond donors (Lipinski definition) is 0. The Bertz CT molecular complexity index is 6060. The molecule has 0 bridgehead atoms. The third-order valence-electron chi connectivity index (χ3n) is 17.9. The van der Waals surface area contributed by atoms with Gasteiger partial charge < -0.3 is 0 Å². The van der Waals surface area contributed by atoms with Crippen LogP contribution in [0, 0.1) is 6.33 Å². The number of pyridine rings is 1. The highest BCUT2D eigenvalue weighted by Crippen LogP contribution is 2.44. The number of imidazole rings is 1. The summed E-state index contributed by atoms with van der Waals surface area (Å²) in [5.74, 6) is 2.29. The molecule has 9 heteroatoms. The van der Waals surface area contributed by atoms with Crippen LogP contribution in [0.3, 0.4) is 0 Å². The van der Waals surface area contributed by atoms with Gasteiger partial charge in [-0.2, -0.15) is 9.97 Å². The summed E-state index contributed by atoms with van der Waals surface area (Å²) in [5, 5.41) is 6.27. The van der Waals surface area contributed by atoms with Crippen LogP contribution in [0.25, 0.3) is 128 Å². The number of aromatic nitrogens is 8. The SMILES string of the molecule is [2H]c1c([2H])c([2H])c(-c2cccc(-c3c([2H])c([2H])c([2H])c([2H])c3[2H])c2-[n+]2[c-]n(-c3cc(N(c4ccc5c6ccccc6n(-c6cc(C(C)(C)C)ccn6)c5c4)c4nc(-n5c6ccccc6c6ccccc65)cc(-n5c6ccccc6c6ccccc65)n4)cc(C(C)(C)C)c3)c3ccccc32)c([2H])c1[2H]. The third-order valence-corrected chi connectivity index (χ3v) is 17.9. The monoisotopic (exact) mass is 1210 g/mol. The lowest BCUT2D eigenvalue weighted by atomic mass is 9.86. The number of fused-ring (bicyclic) bond motifs is 10. The van der Waals surface area contributed by atoms with E-state index in [1.54, 1.807) is 22.8 Å². The van der Waals surface area contributed by atoms with E-state index in [1.165, 1.54) is 0 Å². The van der Waals surface area contributed by atoms with E-state index in [0.29, 0.717) is 45.7 Å². The van der Waals surface area contributed by atoms with Gasteiger partial charge in [0.05, 0.1) is 74.9 Å². The molecule has 0 unspecified atom stereocenters. The summed E-state index contributed by atoms with van der Waals surface area (Å²) in [6.07, 6.45) is 5.57. The molecule has 93 heavy (non-hydrogen) atoms. The normalized spacial score (nSPS) is 13.7. The Labute approximate surface area is 553 Å². The fourth-order valence-corrected chi connectivity index (χ4v) is 13.5. The number of anilines is 3. The van der Waals surface area contributed by atoms with Crippen molar-refractivity contribution in [1.82, 2.24) is 33.2 Å². The molecule has 0 aliphatic heterocycles. The molecule has 0 N–H and O–H groups in total. The zero-order valence-electron chi connectivity index (χ0n) is 61.9. The lowest BCUT2D eigenvalue weighted by Gasteiger charge is -2.28. The maximum atomic E-state index is 9.41. The Morgan fingerprint density at radius 3 is 1.37 bits per heavy atom. The summed E-state index contributed by atoms with van der Waals surface area (Å²) in [4.78, 5) is 18.9. The summed E-state index contributed by atoms with van der Waals surface area (Å²) in [6, 6.07) is 68.1. The molecule has 0 aliphatic rings. The standard InChI is InChI=1S/C84H65N9/c1-83(2,3)57-46-47-85-78(50-57)93-74-41-22-17-34-68(74)69-45-44-59(52-77(69)93)90(82-86-79(91-70-37-18-13-30-64(70)65-31-14-19-38-71(65)91)53-80(87-82)92-72-39-20-15-32-66(72)67-33-16-21-40-73(67)92)61-49-58(84(4,5)6)48-60(51-61)88-54-89(76-43-24-23-42-75(76)88)81-62(55-26-9-7-10-27-55)35-25-36-63(81)56-28-11-8-12-29-56/h7-53H,1-6H3/i7D,8D,9D,10D,11D,12D,26D,27D,28D,29D. The zero-order chi connectivity index (χ0) is 71.4. The van der Waals surface area contributed by atoms with E-state index in [2.05, 4.69) is 242 Å². The Hall–Kier alpha value is -11.7. The van der Waals surface area contributed by atoms with Gasteiger partial charge in [0.1, 0.15) is 17.5 Å². The molecule has 17 aromatic rings. The highest BCUT2D eigenvalue weighted by molar-refractivity contribution is 6.12. The first-order valence-corrected chi connectivity index (χ1v) is 31.1. The van der Waals surface area contributed by atoms with Crippen LogP contribution >= 0.6 is 0 Å². The molecule has 0 radical (unpaired) electrons. The summed E-state index contributed by atoms with van der Waals surface area (Å²) in [6.45, 7) is 13.1. The Morgan fingerprint density at radius 2 is 0.860 bits per heavy atom. The number of para-hydroxylation sites is 8. The zero-order valence-corrected chi connectivity index (χ0v) is 51.9. The van der Waals surface area contributed by atoms with Crippen molar-refractivity contribution in [3.05, 3.63) is 302 Å². The number of benzene rings is 11. The quantitative estimate of drug-likeness (QED) is 0.101. The van der Waals surface area contributed by atoms with Crippen LogP contribution in [0.2, 0.25) is 0 Å². The largest absolute Gasteiger partial charge is 0.294 e. The first kappa shape index (κ1) is 45.5. The molecule has 0 saturated carbocycles. The Balaban J connectivity index is 0.994. The van der Waals surface area contributed by atoms with Gasteiger partial charge in [-0.3, -0.25) is 27.7 Å². The Kier molecular flexibility index (Phi) is 10.5. The van der Waals surface area contributed by atoms with Crippen molar-refractivity contribution >= 4 is 93.8 Å². The highest BCUT2D eigenvalue weighted by atomic mass is 15.3. The van der Waals surface area contributed by atoms with E-state index in [4.69, 9.17) is 23.2 Å². The molecule has 0 saturated heterocycles. The van der Waals surface area contributed by atoms with Crippen molar-refractivity contribution < 1.29 is 18.3 Å². The lowest BCUT2D eigenvalue weighted by Crippen LogP contribution is -2.31. The smallest absolute Gasteiger partial charge is 0.269 e. The first-order valence-electron chi connectivity index (χ1n) is 36.1. The average molecular weight is 1210 g/mol. The second kappa shape index (κ2) is 21.5. The average Bonchev–Trinajstić information content (AvgIpc) is 1.67. The van der Waals surface area contributed by atoms with E-state index in [-0.39, 0.29) is 33.4 Å². The van der Waals surface area contributed by atoms with Gasteiger partial charge in [-0.15, -0.1) is 0 Å². The minimum atomic E-state index is -0.585. The molecule has 0 fully saturated rings. The lowest BCUT2D eigenvalue weighted by molar-refractivity contribution is -0.571. The molecule has 11 aromatic carbocycles. The van der Waals surface area contributed by atoms with Crippen molar-refractivity contribution in [3.63, 3.8) is 0 Å². The molecule has 9 nitrogen and oxygen atoms in total. The summed E-state index contributed by atoms with van der Waals surface area (Å²) < 4.78 is 101. The molecule has 446 valence electrons. The highest BCUT2D eigenvalue weighted by Gasteiger charge is 2.29. The van der Waals surface area contributed by atoms with Crippen LogP contribution in [-0.4, -0.2) is 33.2 Å². The van der Waals surface area contributed by atoms with Crippen molar-refractivity contribution in [2.45, 2.75) is 52.4 Å². The number of hydrogen-bond acceptors (Lipinski definition) is 4. The fraction of sp³-hybridized carbons (Fsp3) is 0.0952. The predicted octanol–water partition coefficient (Wildman–Crippen LogP) is 20.6. The van der Waals surface area contributed by atoms with Crippen LogP contribution in [0.15, 0.2) is 285 Å². The molecular weight excluding hydrogens is 1130 g/mol. The van der Waals surface area contributed by atoms with Gasteiger partial charge in [-0.05, 0) is 117 Å². The Morgan fingerprint density at radius 1 is 0.398 bits per heavy atom. The van der Waals surface area contributed by atoms with Gasteiger partial charge in [0.25, 0.3) is 6.33 Å². The van der Waals surface area contributed by atoms with E-state index < -0.39 is 65.8 Å². The molecule has 6 heterocycles. The van der Waals surface area contributed by atoms with E-state index in [0.717, 1.165) is 82.4 Å². The summed E-state index contributed by atoms with van der Waals surface area (Å²) in [5.41, 5.74) is 10.2. The van der Waals surface area contributed by atoms with Crippen molar-refractivity contribution in [1.29, 1.82) is 0 Å². The van der Waals surface area contributed by atoms with Crippen LogP contribution in [0.1, 0.15) is 66.4 Å². The minimum Gasteiger partial charge on any atom is -0.294 e. The van der Waals surface area contributed by atoms with Crippen LogP contribution < -0.4 is 9.47 Å². The maximum absolute atomic E-state index is 9.41. The number of nitrogens with zero attached hydrogens (tertiary/aromatic N) is 9. The molecule has 0 atom stereocenters. The second-order valence-electron chi connectivity index (χ2n) is 25.6. The predicted molar refractivity (Wildman–Crippen MR) is 383 cm³/mol. The molecular formula is C84H65N9. The van der Waals surface area contributed by atoms with Crippen molar-refractivity contribution in [2.24, 2.45) is 0 Å². The second-order valence-corrected chi connectivity index (χ2v) is 25.6. The van der Waals surface area contributed by atoms with Crippen LogP contribution in [0.5, 0.6) is 0 Å². The molecule has 17 rings (SSSR count). The van der Waals surface area contributed by atoms with Crippen molar-refractivity contribution in [2.75, 3.05) is 4.90 Å². The minimum absolute atomic E-state index is 0.133. The maximum Gasteiger partial charge on any atom is 0.269 e. The van der Waals surface area contributed by atoms with E-state index >= 15 is 0 Å². The van der Waals surface area contributed by atoms with E-state index in [1.807, 2.05) is 35.0 Å². The van der Waals surface area contributed by atoms with Crippen molar-refractivity contribution in [3.8, 4) is 51.1 Å². The topological polar surface area (TPSA) is 65.5 Å². The molecule has 0 aliphatic carbocycles. The summed E-state index contributed by atoms with van der Waals surface area (Å²) >= 11 is 0. The van der Waals surface area contributed by atoms with Crippen LogP contribution in [-0.2, 0) is 10.8 Å². The van der Waals surface area contributed by atoms with Gasteiger partial charge in [0.15, 0.2) is 0 Å². The van der Waals surface area contributed by atoms with Gasteiger partial charge in [-0.1, -0.05) is 241 Å². The molecule has 6 aromatic heterocycles. The third kappa shape index (κ3) is 9.21. The fourth-order valence-electron chi connectivity index (χ4n) is 13.5.